The SMILES string of the molecule is COc1cccc(CCC(=O)NC2CCNCC2)c1.Cl. The van der Waals surface area contributed by atoms with Gasteiger partial charge in [-0.3, -0.25) is 4.79 Å². The maximum Gasteiger partial charge on any atom is 0.220 e. The maximum atomic E-state index is 11.9. The number of hydrogen-bond donors (Lipinski definition) is 2. The second kappa shape index (κ2) is 8.82. The first-order chi connectivity index (χ1) is 9.28. The van der Waals surface area contributed by atoms with Crippen LogP contribution >= 0.6 is 12.4 Å². The average Bonchev–Trinajstić information content (AvgIpc) is 2.46. The van der Waals surface area contributed by atoms with Crippen LogP contribution in [0.5, 0.6) is 5.75 Å². The largest absolute Gasteiger partial charge is 0.497 e. The monoisotopic (exact) mass is 298 g/mol. The third-order valence-electron chi connectivity index (χ3n) is 3.48. The van der Waals surface area contributed by atoms with Crippen LogP contribution in [-0.4, -0.2) is 32.1 Å². The minimum atomic E-state index is 0. The van der Waals surface area contributed by atoms with E-state index in [-0.39, 0.29) is 18.3 Å². The minimum Gasteiger partial charge on any atom is -0.497 e. The maximum absolute atomic E-state index is 11.9. The predicted molar refractivity (Wildman–Crippen MR) is 82.6 cm³/mol. The van der Waals surface area contributed by atoms with Gasteiger partial charge in [-0.2, -0.15) is 0 Å². The van der Waals surface area contributed by atoms with Gasteiger partial charge >= 0.3 is 0 Å². The van der Waals surface area contributed by atoms with E-state index in [2.05, 4.69) is 10.6 Å². The van der Waals surface area contributed by atoms with Gasteiger partial charge in [-0.15, -0.1) is 12.4 Å². The number of piperidine rings is 1. The van der Waals surface area contributed by atoms with E-state index >= 15 is 0 Å². The average molecular weight is 299 g/mol. The van der Waals surface area contributed by atoms with Crippen molar-refractivity contribution in [1.29, 1.82) is 0 Å². The fourth-order valence-electron chi connectivity index (χ4n) is 2.35. The molecule has 0 aromatic heterocycles. The van der Waals surface area contributed by atoms with E-state index in [1.165, 1.54) is 0 Å². The zero-order valence-electron chi connectivity index (χ0n) is 11.9. The summed E-state index contributed by atoms with van der Waals surface area (Å²) in [5.74, 6) is 0.992. The van der Waals surface area contributed by atoms with Gasteiger partial charge in [-0.1, -0.05) is 12.1 Å². The topological polar surface area (TPSA) is 50.4 Å². The van der Waals surface area contributed by atoms with Gasteiger partial charge in [0.15, 0.2) is 0 Å². The molecule has 1 saturated heterocycles. The molecule has 1 aromatic rings. The van der Waals surface area contributed by atoms with E-state index in [9.17, 15) is 4.79 Å². The normalized spacial score (nSPS) is 15.2. The van der Waals surface area contributed by atoms with Crippen LogP contribution in [-0.2, 0) is 11.2 Å². The molecule has 0 bridgehead atoms. The van der Waals surface area contributed by atoms with Gasteiger partial charge in [0.25, 0.3) is 0 Å². The summed E-state index contributed by atoms with van der Waals surface area (Å²) < 4.78 is 5.18. The van der Waals surface area contributed by atoms with Crippen molar-refractivity contribution in [3.05, 3.63) is 29.8 Å². The second-order valence-electron chi connectivity index (χ2n) is 4.94. The molecular formula is C15H23ClN2O2. The first-order valence-electron chi connectivity index (χ1n) is 6.91. The van der Waals surface area contributed by atoms with E-state index in [4.69, 9.17) is 4.74 Å². The molecule has 1 aromatic carbocycles. The summed E-state index contributed by atoms with van der Waals surface area (Å²) in [4.78, 5) is 11.9. The third kappa shape index (κ3) is 5.39. The summed E-state index contributed by atoms with van der Waals surface area (Å²) in [6.45, 7) is 2.00. The number of ether oxygens (including phenoxy) is 1. The zero-order chi connectivity index (χ0) is 13.5. The molecule has 20 heavy (non-hydrogen) atoms. The summed E-state index contributed by atoms with van der Waals surface area (Å²) in [5.41, 5.74) is 1.14. The van der Waals surface area contributed by atoms with Crippen LogP contribution in [0.4, 0.5) is 0 Å². The number of carbonyl (C=O) groups is 1. The summed E-state index contributed by atoms with van der Waals surface area (Å²) >= 11 is 0. The predicted octanol–water partition coefficient (Wildman–Crippen LogP) is 1.92. The molecular weight excluding hydrogens is 276 g/mol. The number of benzene rings is 1. The Labute approximate surface area is 126 Å². The van der Waals surface area contributed by atoms with E-state index in [0.29, 0.717) is 12.5 Å². The molecule has 0 spiro atoms. The highest BCUT2D eigenvalue weighted by Gasteiger charge is 2.14. The number of aryl methyl sites for hydroxylation is 1. The first-order valence-corrected chi connectivity index (χ1v) is 6.91. The Morgan fingerprint density at radius 3 is 2.85 bits per heavy atom. The number of rotatable bonds is 5. The molecule has 2 N–H and O–H groups in total. The van der Waals surface area contributed by atoms with Gasteiger partial charge in [0.05, 0.1) is 7.11 Å². The highest BCUT2D eigenvalue weighted by atomic mass is 35.5. The van der Waals surface area contributed by atoms with Gasteiger partial charge in [0, 0.05) is 12.5 Å². The van der Waals surface area contributed by atoms with Crippen LogP contribution in [0.2, 0.25) is 0 Å². The summed E-state index contributed by atoms with van der Waals surface area (Å²) in [5, 5.41) is 6.40. The minimum absolute atomic E-state index is 0. The van der Waals surface area contributed by atoms with Crippen molar-refractivity contribution >= 4 is 18.3 Å². The van der Waals surface area contributed by atoms with E-state index in [1.807, 2.05) is 24.3 Å². The lowest BCUT2D eigenvalue weighted by Crippen LogP contribution is -2.42. The Hall–Kier alpha value is -1.26. The third-order valence-corrected chi connectivity index (χ3v) is 3.48. The lowest BCUT2D eigenvalue weighted by atomic mass is 10.1. The highest BCUT2D eigenvalue weighted by molar-refractivity contribution is 5.85. The Morgan fingerprint density at radius 1 is 1.40 bits per heavy atom. The van der Waals surface area contributed by atoms with Gasteiger partial charge in [-0.05, 0) is 50.0 Å². The quantitative estimate of drug-likeness (QED) is 0.873. The highest BCUT2D eigenvalue weighted by Crippen LogP contribution is 2.14. The molecule has 0 aliphatic carbocycles. The molecule has 1 aliphatic heterocycles. The van der Waals surface area contributed by atoms with Crippen molar-refractivity contribution in [1.82, 2.24) is 10.6 Å². The smallest absolute Gasteiger partial charge is 0.220 e. The zero-order valence-corrected chi connectivity index (χ0v) is 12.7. The van der Waals surface area contributed by atoms with Crippen LogP contribution in [0, 0.1) is 0 Å². The van der Waals surface area contributed by atoms with Crippen LogP contribution in [0.1, 0.15) is 24.8 Å². The molecule has 1 fully saturated rings. The number of halogens is 1. The van der Waals surface area contributed by atoms with E-state index in [0.717, 1.165) is 43.7 Å². The molecule has 0 atom stereocenters. The van der Waals surface area contributed by atoms with Gasteiger partial charge in [-0.25, -0.2) is 0 Å². The molecule has 0 saturated carbocycles. The molecule has 112 valence electrons. The van der Waals surface area contributed by atoms with Crippen molar-refractivity contribution in [2.75, 3.05) is 20.2 Å². The summed E-state index contributed by atoms with van der Waals surface area (Å²) in [6.07, 6.45) is 3.36. The number of methoxy groups -OCH3 is 1. The van der Waals surface area contributed by atoms with Crippen LogP contribution in [0.15, 0.2) is 24.3 Å². The first kappa shape index (κ1) is 16.8. The van der Waals surface area contributed by atoms with Crippen molar-refractivity contribution in [2.24, 2.45) is 0 Å². The number of hydrogen-bond acceptors (Lipinski definition) is 3. The standard InChI is InChI=1S/C15H22N2O2.ClH/c1-19-14-4-2-3-12(11-14)5-6-15(18)17-13-7-9-16-10-8-13;/h2-4,11,13,16H,5-10H2,1H3,(H,17,18);1H. The second-order valence-corrected chi connectivity index (χ2v) is 4.94. The van der Waals surface area contributed by atoms with E-state index in [1.54, 1.807) is 7.11 Å². The van der Waals surface area contributed by atoms with E-state index < -0.39 is 0 Å². The lowest BCUT2D eigenvalue weighted by molar-refractivity contribution is -0.121. The molecule has 0 unspecified atom stereocenters. The fraction of sp³-hybridized carbons (Fsp3) is 0.533. The molecule has 5 heteroatoms. The van der Waals surface area contributed by atoms with Gasteiger partial charge in [0.1, 0.15) is 5.75 Å². The van der Waals surface area contributed by atoms with Crippen LogP contribution < -0.4 is 15.4 Å². The molecule has 1 amide bonds. The van der Waals surface area contributed by atoms with Crippen molar-refractivity contribution in [3.8, 4) is 5.75 Å². The molecule has 1 heterocycles. The summed E-state index contributed by atoms with van der Waals surface area (Å²) in [7, 11) is 1.66. The summed E-state index contributed by atoms with van der Waals surface area (Å²) in [6, 6.07) is 8.23. The van der Waals surface area contributed by atoms with Gasteiger partial charge in [0.2, 0.25) is 5.91 Å². The Bertz CT molecular complexity index is 420. The molecule has 1 aliphatic rings. The van der Waals surface area contributed by atoms with Crippen molar-refractivity contribution in [3.63, 3.8) is 0 Å². The van der Waals surface area contributed by atoms with Crippen molar-refractivity contribution < 1.29 is 9.53 Å². The molecule has 4 nitrogen and oxygen atoms in total. The Morgan fingerprint density at radius 2 is 2.15 bits per heavy atom. The number of nitrogens with one attached hydrogen (secondary N) is 2. The van der Waals surface area contributed by atoms with Crippen LogP contribution in [0.25, 0.3) is 0 Å². The van der Waals surface area contributed by atoms with Crippen LogP contribution in [0.3, 0.4) is 0 Å². The molecule has 2 rings (SSSR count). The lowest BCUT2D eigenvalue weighted by Gasteiger charge is -2.23. The fourth-order valence-corrected chi connectivity index (χ4v) is 2.35. The number of amides is 1. The van der Waals surface area contributed by atoms with Gasteiger partial charge < -0.3 is 15.4 Å². The number of carbonyl (C=O) groups excluding carboxylic acids is 1. The Balaban J connectivity index is 0.00000200. The van der Waals surface area contributed by atoms with Crippen molar-refractivity contribution in [2.45, 2.75) is 31.7 Å². The molecule has 0 radical (unpaired) electrons. The Kier molecular flexibility index (Phi) is 7.41.